The van der Waals surface area contributed by atoms with Crippen LogP contribution in [0.4, 0.5) is 0 Å². The maximum Gasteiger partial charge on any atom is 0.0328 e. The molecule has 0 amide bonds. The van der Waals surface area contributed by atoms with Crippen molar-refractivity contribution in [2.45, 2.75) is 19.5 Å². The lowest BCUT2D eigenvalue weighted by Crippen LogP contribution is -2.46. The van der Waals surface area contributed by atoms with Crippen molar-refractivity contribution in [2.24, 2.45) is 0 Å². The molecule has 0 radical (unpaired) electrons. The Kier molecular flexibility index (Phi) is 4.51. The van der Waals surface area contributed by atoms with Crippen LogP contribution in [-0.2, 0) is 6.54 Å². The van der Waals surface area contributed by atoms with Gasteiger partial charge in [0.1, 0.15) is 0 Å². The minimum absolute atomic E-state index is 0.528. The SMILES string of the molecule is CC(c1ccccc1)N1CCN(Cc2cccs2)CC1. The number of hydrogen-bond donors (Lipinski definition) is 0. The lowest BCUT2D eigenvalue weighted by Gasteiger charge is -2.38. The van der Waals surface area contributed by atoms with Crippen molar-refractivity contribution in [1.82, 2.24) is 9.80 Å². The van der Waals surface area contributed by atoms with Gasteiger partial charge in [0.05, 0.1) is 0 Å². The van der Waals surface area contributed by atoms with Gasteiger partial charge < -0.3 is 0 Å². The molecule has 0 spiro atoms. The number of benzene rings is 1. The van der Waals surface area contributed by atoms with Crippen LogP contribution < -0.4 is 0 Å². The summed E-state index contributed by atoms with van der Waals surface area (Å²) in [5, 5.41) is 2.17. The molecule has 1 aromatic carbocycles. The van der Waals surface area contributed by atoms with Crippen LogP contribution in [0, 0.1) is 0 Å². The summed E-state index contributed by atoms with van der Waals surface area (Å²) in [6, 6.07) is 15.8. The van der Waals surface area contributed by atoms with Gasteiger partial charge in [0, 0.05) is 43.6 Å². The van der Waals surface area contributed by atoms with Gasteiger partial charge in [-0.25, -0.2) is 0 Å². The molecule has 1 aliphatic heterocycles. The second kappa shape index (κ2) is 6.53. The Morgan fingerprint density at radius 3 is 2.40 bits per heavy atom. The molecule has 1 atom stereocenters. The first kappa shape index (κ1) is 13.8. The van der Waals surface area contributed by atoms with Gasteiger partial charge in [0.25, 0.3) is 0 Å². The Labute approximate surface area is 125 Å². The second-order valence-electron chi connectivity index (χ2n) is 5.48. The summed E-state index contributed by atoms with van der Waals surface area (Å²) in [5.41, 5.74) is 1.43. The van der Waals surface area contributed by atoms with E-state index in [1.54, 1.807) is 0 Å². The van der Waals surface area contributed by atoms with E-state index in [-0.39, 0.29) is 0 Å². The third-order valence-electron chi connectivity index (χ3n) is 4.20. The summed E-state index contributed by atoms with van der Waals surface area (Å²) in [5.74, 6) is 0. The van der Waals surface area contributed by atoms with Crippen LogP contribution in [-0.4, -0.2) is 36.0 Å². The Bertz CT molecular complexity index is 501. The molecule has 20 heavy (non-hydrogen) atoms. The molecule has 1 fully saturated rings. The molecule has 0 aliphatic carbocycles. The van der Waals surface area contributed by atoms with Crippen molar-refractivity contribution in [1.29, 1.82) is 0 Å². The average Bonchev–Trinajstić information content (AvgIpc) is 3.01. The normalized spacial score (nSPS) is 19.1. The topological polar surface area (TPSA) is 6.48 Å². The molecule has 106 valence electrons. The fraction of sp³-hybridized carbons (Fsp3) is 0.412. The fourth-order valence-corrected chi connectivity index (χ4v) is 3.62. The number of rotatable bonds is 4. The molecule has 1 saturated heterocycles. The molecule has 1 aliphatic rings. The van der Waals surface area contributed by atoms with Crippen molar-refractivity contribution < 1.29 is 0 Å². The van der Waals surface area contributed by atoms with Crippen molar-refractivity contribution in [3.63, 3.8) is 0 Å². The monoisotopic (exact) mass is 286 g/mol. The van der Waals surface area contributed by atoms with E-state index in [1.165, 1.54) is 36.6 Å². The third-order valence-corrected chi connectivity index (χ3v) is 5.06. The largest absolute Gasteiger partial charge is 0.296 e. The van der Waals surface area contributed by atoms with E-state index in [0.717, 1.165) is 6.54 Å². The smallest absolute Gasteiger partial charge is 0.0328 e. The maximum absolute atomic E-state index is 2.60. The summed E-state index contributed by atoms with van der Waals surface area (Å²) >= 11 is 1.87. The van der Waals surface area contributed by atoms with E-state index in [4.69, 9.17) is 0 Å². The predicted molar refractivity (Wildman–Crippen MR) is 86.0 cm³/mol. The molecular weight excluding hydrogens is 264 g/mol. The lowest BCUT2D eigenvalue weighted by atomic mass is 10.1. The van der Waals surface area contributed by atoms with E-state index in [9.17, 15) is 0 Å². The van der Waals surface area contributed by atoms with E-state index in [2.05, 4.69) is 64.6 Å². The van der Waals surface area contributed by atoms with Gasteiger partial charge in [-0.3, -0.25) is 9.80 Å². The average molecular weight is 286 g/mol. The van der Waals surface area contributed by atoms with E-state index in [1.807, 2.05) is 11.3 Å². The fourth-order valence-electron chi connectivity index (χ4n) is 2.87. The van der Waals surface area contributed by atoms with Crippen molar-refractivity contribution in [2.75, 3.05) is 26.2 Å². The summed E-state index contributed by atoms with van der Waals surface area (Å²) in [6.45, 7) is 8.13. The first-order valence-electron chi connectivity index (χ1n) is 7.36. The molecule has 0 N–H and O–H groups in total. The van der Waals surface area contributed by atoms with E-state index in [0.29, 0.717) is 6.04 Å². The number of thiophene rings is 1. The van der Waals surface area contributed by atoms with Gasteiger partial charge in [-0.1, -0.05) is 36.4 Å². The molecule has 3 heteroatoms. The standard InChI is InChI=1S/C17H22N2S/c1-15(16-6-3-2-4-7-16)19-11-9-18(10-12-19)14-17-8-5-13-20-17/h2-8,13,15H,9-12,14H2,1H3. The van der Waals surface area contributed by atoms with Crippen LogP contribution in [0.5, 0.6) is 0 Å². The van der Waals surface area contributed by atoms with Gasteiger partial charge in [0.2, 0.25) is 0 Å². The van der Waals surface area contributed by atoms with Crippen LogP contribution in [0.3, 0.4) is 0 Å². The van der Waals surface area contributed by atoms with Crippen LogP contribution in [0.1, 0.15) is 23.4 Å². The Balaban J connectivity index is 1.53. The first-order valence-corrected chi connectivity index (χ1v) is 8.24. The zero-order valence-corrected chi connectivity index (χ0v) is 12.9. The van der Waals surface area contributed by atoms with Gasteiger partial charge >= 0.3 is 0 Å². The Hall–Kier alpha value is -1.16. The molecular formula is C17H22N2S. The van der Waals surface area contributed by atoms with Crippen molar-refractivity contribution in [3.05, 3.63) is 58.3 Å². The molecule has 0 bridgehead atoms. The zero-order chi connectivity index (χ0) is 13.8. The molecule has 2 nitrogen and oxygen atoms in total. The van der Waals surface area contributed by atoms with Gasteiger partial charge in [-0.2, -0.15) is 0 Å². The first-order chi connectivity index (χ1) is 9.83. The quantitative estimate of drug-likeness (QED) is 0.847. The highest BCUT2D eigenvalue weighted by atomic mass is 32.1. The molecule has 0 saturated carbocycles. The summed E-state index contributed by atoms with van der Waals surface area (Å²) in [7, 11) is 0. The Morgan fingerprint density at radius 1 is 1.00 bits per heavy atom. The summed E-state index contributed by atoms with van der Waals surface area (Å²) < 4.78 is 0. The van der Waals surface area contributed by atoms with Gasteiger partial charge in [-0.05, 0) is 23.9 Å². The van der Waals surface area contributed by atoms with Crippen LogP contribution in [0.25, 0.3) is 0 Å². The summed E-state index contributed by atoms with van der Waals surface area (Å²) in [6.07, 6.45) is 0. The molecule has 1 unspecified atom stereocenters. The number of nitrogens with zero attached hydrogens (tertiary/aromatic N) is 2. The van der Waals surface area contributed by atoms with Crippen molar-refractivity contribution >= 4 is 11.3 Å². The van der Waals surface area contributed by atoms with Crippen molar-refractivity contribution in [3.8, 4) is 0 Å². The maximum atomic E-state index is 2.60. The minimum atomic E-state index is 0.528. The zero-order valence-electron chi connectivity index (χ0n) is 12.0. The van der Waals surface area contributed by atoms with E-state index < -0.39 is 0 Å². The predicted octanol–water partition coefficient (Wildman–Crippen LogP) is 3.63. The van der Waals surface area contributed by atoms with Crippen LogP contribution in [0.2, 0.25) is 0 Å². The highest BCUT2D eigenvalue weighted by molar-refractivity contribution is 7.09. The van der Waals surface area contributed by atoms with Crippen LogP contribution in [0.15, 0.2) is 47.8 Å². The number of piperazine rings is 1. The minimum Gasteiger partial charge on any atom is -0.296 e. The molecule has 3 rings (SSSR count). The lowest BCUT2D eigenvalue weighted by molar-refractivity contribution is 0.0985. The highest BCUT2D eigenvalue weighted by Crippen LogP contribution is 2.22. The summed E-state index contributed by atoms with van der Waals surface area (Å²) in [4.78, 5) is 6.65. The number of hydrogen-bond acceptors (Lipinski definition) is 3. The van der Waals surface area contributed by atoms with Gasteiger partial charge in [-0.15, -0.1) is 11.3 Å². The van der Waals surface area contributed by atoms with Gasteiger partial charge in [0.15, 0.2) is 0 Å². The molecule has 1 aromatic heterocycles. The third kappa shape index (κ3) is 3.29. The van der Waals surface area contributed by atoms with Crippen LogP contribution >= 0.6 is 11.3 Å². The Morgan fingerprint density at radius 2 is 1.75 bits per heavy atom. The highest BCUT2D eigenvalue weighted by Gasteiger charge is 2.21. The second-order valence-corrected chi connectivity index (χ2v) is 6.51. The molecule has 2 aromatic rings. The molecule has 2 heterocycles. The van der Waals surface area contributed by atoms with E-state index >= 15 is 0 Å².